The summed E-state index contributed by atoms with van der Waals surface area (Å²) in [4.78, 5) is 35.7. The Morgan fingerprint density at radius 2 is 1.09 bits per heavy atom. The van der Waals surface area contributed by atoms with Crippen molar-refractivity contribution in [1.29, 1.82) is 0 Å². The molecule has 0 bridgehead atoms. The molecule has 0 aromatic rings. The molecule has 1 aliphatic carbocycles. The molecule has 1 aliphatic heterocycles. The Morgan fingerprint density at radius 3 is 1.66 bits per heavy atom. The first-order valence-electron chi connectivity index (χ1n) is 22.6. The zero-order valence-corrected chi connectivity index (χ0v) is 36.4. The van der Waals surface area contributed by atoms with E-state index in [0.717, 1.165) is 70.6 Å². The summed E-state index contributed by atoms with van der Waals surface area (Å²) in [6.45, 7) is 3.25. The summed E-state index contributed by atoms with van der Waals surface area (Å²) in [6.07, 6.45) is 18.7. The topological polar surface area (TPSA) is 222 Å². The van der Waals surface area contributed by atoms with Crippen LogP contribution in [-0.2, 0) is 37.4 Å². The maximum Gasteiger partial charge on any atom is 0.472 e. The fourth-order valence-corrected chi connectivity index (χ4v) is 8.21. The Kier molecular flexibility index (Phi) is 28.5. The molecule has 1 saturated heterocycles. The van der Waals surface area contributed by atoms with Crippen LogP contribution < -0.4 is 0 Å². The lowest BCUT2D eigenvalue weighted by atomic mass is 9.85. The maximum atomic E-state index is 12.8. The second-order valence-electron chi connectivity index (χ2n) is 16.3. The van der Waals surface area contributed by atoms with Crippen molar-refractivity contribution in [2.45, 2.75) is 236 Å². The average molecular weight is 851 g/mol. The normalized spacial score (nSPS) is 26.1. The predicted molar refractivity (Wildman–Crippen MR) is 221 cm³/mol. The van der Waals surface area contributed by atoms with E-state index in [9.17, 15) is 44.6 Å². The Bertz CT molecular complexity index is 1140. The molecule has 6 N–H and O–H groups in total. The average Bonchev–Trinajstić information content (AvgIpc) is 3.96. The van der Waals surface area contributed by atoms with Crippen LogP contribution in [0.3, 0.4) is 0 Å². The highest BCUT2D eigenvalue weighted by Gasteiger charge is 2.51. The molecule has 5 unspecified atom stereocenters. The van der Waals surface area contributed by atoms with Crippen LogP contribution in [0.2, 0.25) is 0 Å². The molecule has 1 saturated carbocycles. The Labute approximate surface area is 348 Å². The van der Waals surface area contributed by atoms with Crippen molar-refractivity contribution in [2.75, 3.05) is 13.2 Å². The summed E-state index contributed by atoms with van der Waals surface area (Å²) >= 11 is 0. The third-order valence-electron chi connectivity index (χ3n) is 11.0. The van der Waals surface area contributed by atoms with Gasteiger partial charge in [0.25, 0.3) is 0 Å². The van der Waals surface area contributed by atoms with E-state index >= 15 is 0 Å². The Balaban J connectivity index is 1.71. The lowest BCUT2D eigenvalue weighted by Gasteiger charge is -2.41. The minimum atomic E-state index is -5.12. The number of phosphoric acid groups is 1. The second-order valence-corrected chi connectivity index (χ2v) is 17.7. The first kappa shape index (κ1) is 52.7. The van der Waals surface area contributed by atoms with Crippen molar-refractivity contribution >= 4 is 19.8 Å². The van der Waals surface area contributed by atoms with Crippen LogP contribution in [0, 0.1) is 0 Å². The second kappa shape index (κ2) is 31.4. The number of epoxide rings is 1. The summed E-state index contributed by atoms with van der Waals surface area (Å²) < 4.78 is 39.2. The minimum absolute atomic E-state index is 0.0956. The number of rotatable bonds is 36. The molecule has 0 aromatic heterocycles. The largest absolute Gasteiger partial charge is 0.472 e. The molecule has 2 rings (SSSR count). The van der Waals surface area contributed by atoms with Gasteiger partial charge in [0, 0.05) is 12.8 Å². The SMILES string of the molecule is CCCCCCCCCCCCCCCC(=O)O[C@H](COC(=O)CCCCCCC/C=C\CC1OC1CCCCC)COP(=O)(O)OC1[C@H](O)[C@H](O)C(O)[C@H](O)[C@H]1O. The smallest absolute Gasteiger partial charge is 0.462 e. The van der Waals surface area contributed by atoms with Gasteiger partial charge in [-0.1, -0.05) is 142 Å². The molecule has 15 heteroatoms. The van der Waals surface area contributed by atoms with E-state index in [-0.39, 0.29) is 12.8 Å². The lowest BCUT2D eigenvalue weighted by Crippen LogP contribution is -2.64. The molecule has 0 aromatic carbocycles. The van der Waals surface area contributed by atoms with E-state index in [0.29, 0.717) is 25.0 Å². The van der Waals surface area contributed by atoms with Crippen molar-refractivity contribution < 1.29 is 67.8 Å². The van der Waals surface area contributed by atoms with Gasteiger partial charge in [0.05, 0.1) is 18.8 Å². The first-order chi connectivity index (χ1) is 27.9. The van der Waals surface area contributed by atoms with Crippen LogP contribution in [0.5, 0.6) is 0 Å². The number of carbonyl (C=O) groups excluding carboxylic acids is 2. The van der Waals surface area contributed by atoms with Crippen molar-refractivity contribution in [3.63, 3.8) is 0 Å². The highest BCUT2D eigenvalue weighted by molar-refractivity contribution is 7.47. The van der Waals surface area contributed by atoms with Crippen molar-refractivity contribution in [2.24, 2.45) is 0 Å². The molecule has 58 heavy (non-hydrogen) atoms. The van der Waals surface area contributed by atoms with Crippen LogP contribution in [-0.4, -0.2) is 111 Å². The summed E-state index contributed by atoms with van der Waals surface area (Å²) in [5.74, 6) is -1.11. The Hall–Kier alpha value is -1.45. The van der Waals surface area contributed by atoms with Gasteiger partial charge in [0.1, 0.15) is 43.2 Å². The van der Waals surface area contributed by atoms with Gasteiger partial charge in [-0.3, -0.25) is 18.6 Å². The highest BCUT2D eigenvalue weighted by atomic mass is 31.2. The highest BCUT2D eigenvalue weighted by Crippen LogP contribution is 2.47. The Morgan fingerprint density at radius 1 is 0.603 bits per heavy atom. The number of carbonyl (C=O) groups is 2. The van der Waals surface area contributed by atoms with Gasteiger partial charge in [0.2, 0.25) is 0 Å². The molecule has 10 atom stereocenters. The van der Waals surface area contributed by atoms with Gasteiger partial charge in [0.15, 0.2) is 6.10 Å². The number of hydrogen-bond donors (Lipinski definition) is 6. The number of phosphoric ester groups is 1. The molecular formula is C43H79O14P. The number of hydrogen-bond acceptors (Lipinski definition) is 13. The number of unbranched alkanes of at least 4 members (excludes halogenated alkanes) is 19. The van der Waals surface area contributed by atoms with Gasteiger partial charge < -0.3 is 44.6 Å². The van der Waals surface area contributed by atoms with Crippen LogP contribution in [0.4, 0.5) is 0 Å². The van der Waals surface area contributed by atoms with E-state index in [2.05, 4.69) is 26.0 Å². The number of aliphatic hydroxyl groups excluding tert-OH is 5. The molecule has 0 spiro atoms. The van der Waals surface area contributed by atoms with E-state index in [4.69, 9.17) is 23.3 Å². The number of ether oxygens (including phenoxy) is 3. The van der Waals surface area contributed by atoms with Gasteiger partial charge in [-0.15, -0.1) is 0 Å². The van der Waals surface area contributed by atoms with Crippen LogP contribution in [0.15, 0.2) is 12.2 Å². The van der Waals surface area contributed by atoms with E-state index in [1.54, 1.807) is 0 Å². The first-order valence-corrected chi connectivity index (χ1v) is 24.1. The van der Waals surface area contributed by atoms with Crippen molar-refractivity contribution in [3.8, 4) is 0 Å². The van der Waals surface area contributed by atoms with Crippen LogP contribution >= 0.6 is 7.82 Å². The van der Waals surface area contributed by atoms with Crippen LogP contribution in [0.25, 0.3) is 0 Å². The number of allylic oxidation sites excluding steroid dienone is 1. The standard InChI is InChI=1S/C43H79O14P/c1-3-5-7-8-9-10-11-12-13-14-19-22-26-30-37(45)55-33(32-54-58(51,52)57-43-41(49)39(47)38(46)40(48)42(43)50)31-53-36(44)29-25-21-18-16-15-17-20-24-28-35-34(56-35)27-23-6-4-2/h20,24,33-35,38-43,46-50H,3-19,21-23,25-32H2,1-2H3,(H,51,52)/b24-20-/t33-,34?,35?,38?,39-,40+,41-,42-,43?/m1/s1. The monoisotopic (exact) mass is 851 g/mol. The molecule has 0 amide bonds. The quantitative estimate of drug-likeness (QED) is 0.0120. The summed E-state index contributed by atoms with van der Waals surface area (Å²) in [7, 11) is -5.12. The van der Waals surface area contributed by atoms with E-state index in [1.165, 1.54) is 70.6 Å². The summed E-state index contributed by atoms with van der Waals surface area (Å²) in [5, 5.41) is 50.1. The summed E-state index contributed by atoms with van der Waals surface area (Å²) in [5.41, 5.74) is 0. The molecule has 340 valence electrons. The third-order valence-corrected chi connectivity index (χ3v) is 12.0. The zero-order valence-electron chi connectivity index (χ0n) is 35.5. The molecule has 2 aliphatic rings. The van der Waals surface area contributed by atoms with Crippen LogP contribution in [0.1, 0.15) is 181 Å². The minimum Gasteiger partial charge on any atom is -0.462 e. The summed E-state index contributed by atoms with van der Waals surface area (Å²) in [6, 6.07) is 0. The molecule has 14 nitrogen and oxygen atoms in total. The fourth-order valence-electron chi connectivity index (χ4n) is 7.24. The number of esters is 2. The van der Waals surface area contributed by atoms with Crippen molar-refractivity contribution in [1.82, 2.24) is 0 Å². The molecular weight excluding hydrogens is 771 g/mol. The molecule has 2 fully saturated rings. The van der Waals surface area contributed by atoms with Gasteiger partial charge in [-0.25, -0.2) is 4.57 Å². The van der Waals surface area contributed by atoms with Gasteiger partial charge in [-0.05, 0) is 38.5 Å². The zero-order chi connectivity index (χ0) is 42.6. The van der Waals surface area contributed by atoms with Gasteiger partial charge in [-0.2, -0.15) is 0 Å². The predicted octanol–water partition coefficient (Wildman–Crippen LogP) is 7.27. The van der Waals surface area contributed by atoms with Crippen molar-refractivity contribution in [3.05, 3.63) is 12.2 Å². The lowest BCUT2D eigenvalue weighted by molar-refractivity contribution is -0.220. The van der Waals surface area contributed by atoms with Gasteiger partial charge >= 0.3 is 19.8 Å². The number of aliphatic hydroxyl groups is 5. The third kappa shape index (κ3) is 23.5. The van der Waals surface area contributed by atoms with E-state index in [1.807, 2.05) is 0 Å². The maximum absolute atomic E-state index is 12.8. The molecule has 1 heterocycles. The molecule has 0 radical (unpaired) electrons. The van der Waals surface area contributed by atoms with E-state index < -0.39 is 75.7 Å². The fraction of sp³-hybridized carbons (Fsp3) is 0.907.